The molecule has 0 spiro atoms. The number of nitrogens with zero attached hydrogens (tertiary/aromatic N) is 1. The first-order chi connectivity index (χ1) is 10.0. The summed E-state index contributed by atoms with van der Waals surface area (Å²) in [6.07, 6.45) is 0.823. The van der Waals surface area contributed by atoms with Gasteiger partial charge in [0.2, 0.25) is 0 Å². The Morgan fingerprint density at radius 1 is 0.955 bits per heavy atom. The highest BCUT2D eigenvalue weighted by molar-refractivity contribution is 5.66. The van der Waals surface area contributed by atoms with Crippen LogP contribution >= 0.6 is 0 Å². The molecular weight excluding hydrogens is 274 g/mol. The van der Waals surface area contributed by atoms with E-state index in [-0.39, 0.29) is 10.8 Å². The fourth-order valence-corrected chi connectivity index (χ4v) is 2.54. The first-order valence-electron chi connectivity index (χ1n) is 7.88. The number of rotatable bonds is 2. The maximum atomic E-state index is 10.7. The minimum Gasteiger partial charge on any atom is -0.507 e. The van der Waals surface area contributed by atoms with Gasteiger partial charge in [-0.05, 0) is 23.0 Å². The van der Waals surface area contributed by atoms with E-state index < -0.39 is 0 Å². The quantitative estimate of drug-likeness (QED) is 0.828. The first-order valence-corrected chi connectivity index (χ1v) is 7.88. The molecule has 0 amide bonds. The molecule has 1 heterocycles. The van der Waals surface area contributed by atoms with E-state index in [0.717, 1.165) is 34.6 Å². The summed E-state index contributed by atoms with van der Waals surface area (Å²) in [6.45, 7) is 14.7. The molecule has 2 aromatic rings. The van der Waals surface area contributed by atoms with Crippen LogP contribution in [0, 0.1) is 0 Å². The predicted molar refractivity (Wildman–Crippen MR) is 90.4 cm³/mol. The van der Waals surface area contributed by atoms with Crippen molar-refractivity contribution in [3.05, 3.63) is 35.1 Å². The molecule has 0 fully saturated rings. The minimum atomic E-state index is -0.141. The molecule has 0 aliphatic rings. The maximum Gasteiger partial charge on any atom is 0.137 e. The molecule has 0 saturated heterocycles. The van der Waals surface area contributed by atoms with Crippen LogP contribution < -0.4 is 0 Å². The van der Waals surface area contributed by atoms with E-state index in [1.54, 1.807) is 0 Å². The van der Waals surface area contributed by atoms with Crippen molar-refractivity contribution in [2.24, 2.45) is 0 Å². The number of phenolic OH excluding ortho intramolecular Hbond substituents is 1. The van der Waals surface area contributed by atoms with Crippen molar-refractivity contribution in [1.82, 2.24) is 5.16 Å². The monoisotopic (exact) mass is 301 g/mol. The summed E-state index contributed by atoms with van der Waals surface area (Å²) in [5, 5.41) is 14.9. The highest BCUT2D eigenvalue weighted by atomic mass is 16.5. The lowest BCUT2D eigenvalue weighted by Crippen LogP contribution is -2.17. The Kier molecular flexibility index (Phi) is 4.12. The Bertz CT molecular complexity index is 634. The minimum absolute atomic E-state index is 0.141. The fraction of sp³-hybridized carbons (Fsp3) is 0.526. The number of aryl methyl sites for hydroxylation is 1. The number of phenols is 1. The molecule has 0 aliphatic carbocycles. The Balaban J connectivity index is 2.70. The molecule has 0 bridgehead atoms. The molecule has 120 valence electrons. The lowest BCUT2D eigenvalue weighted by molar-refractivity contribution is 0.388. The SMILES string of the molecule is CCc1cc(-c2cc(C(C)(C)C)c(O)c(C(C)(C)C)c2)no1. The van der Waals surface area contributed by atoms with Gasteiger partial charge < -0.3 is 9.63 Å². The average molecular weight is 301 g/mol. The molecule has 0 radical (unpaired) electrons. The second-order valence-electron chi connectivity index (χ2n) is 7.95. The van der Waals surface area contributed by atoms with E-state index in [1.165, 1.54) is 0 Å². The van der Waals surface area contributed by atoms with Gasteiger partial charge in [0.15, 0.2) is 0 Å². The molecule has 0 aliphatic heterocycles. The Hall–Kier alpha value is -1.77. The molecule has 1 aromatic carbocycles. The summed E-state index contributed by atoms with van der Waals surface area (Å²) in [6, 6.07) is 6.04. The van der Waals surface area contributed by atoms with Crippen molar-refractivity contribution in [2.45, 2.75) is 65.7 Å². The van der Waals surface area contributed by atoms with Crippen molar-refractivity contribution < 1.29 is 9.63 Å². The third kappa shape index (κ3) is 3.18. The van der Waals surface area contributed by atoms with Gasteiger partial charge in [0.1, 0.15) is 17.2 Å². The summed E-state index contributed by atoms with van der Waals surface area (Å²) in [5.41, 5.74) is 3.42. The number of aromatic hydroxyl groups is 1. The summed E-state index contributed by atoms with van der Waals surface area (Å²) < 4.78 is 5.34. The normalized spacial score (nSPS) is 12.7. The summed E-state index contributed by atoms with van der Waals surface area (Å²) >= 11 is 0. The van der Waals surface area contributed by atoms with Crippen LogP contribution in [0.2, 0.25) is 0 Å². The number of benzene rings is 1. The van der Waals surface area contributed by atoms with Crippen LogP contribution in [-0.2, 0) is 17.3 Å². The molecule has 3 nitrogen and oxygen atoms in total. The lowest BCUT2D eigenvalue weighted by Gasteiger charge is -2.28. The van der Waals surface area contributed by atoms with Crippen molar-refractivity contribution >= 4 is 0 Å². The van der Waals surface area contributed by atoms with E-state index in [2.05, 4.69) is 46.7 Å². The first kappa shape index (κ1) is 16.6. The van der Waals surface area contributed by atoms with Gasteiger partial charge in [-0.25, -0.2) is 0 Å². The Morgan fingerprint density at radius 2 is 1.45 bits per heavy atom. The zero-order chi connectivity index (χ0) is 16.7. The van der Waals surface area contributed by atoms with Crippen LogP contribution in [-0.4, -0.2) is 10.3 Å². The topological polar surface area (TPSA) is 46.3 Å². The maximum absolute atomic E-state index is 10.7. The molecular formula is C19H27NO2. The van der Waals surface area contributed by atoms with Crippen LogP contribution in [0.1, 0.15) is 65.4 Å². The summed E-state index contributed by atoms with van der Waals surface area (Å²) in [7, 11) is 0. The predicted octanol–water partition coefficient (Wildman–Crippen LogP) is 5.20. The van der Waals surface area contributed by atoms with Crippen LogP contribution in [0.15, 0.2) is 22.7 Å². The van der Waals surface area contributed by atoms with Crippen LogP contribution in [0.25, 0.3) is 11.3 Å². The average Bonchev–Trinajstić information content (AvgIpc) is 2.85. The second-order valence-corrected chi connectivity index (χ2v) is 7.95. The van der Waals surface area contributed by atoms with E-state index in [0.29, 0.717) is 5.75 Å². The fourth-order valence-electron chi connectivity index (χ4n) is 2.54. The van der Waals surface area contributed by atoms with Crippen molar-refractivity contribution in [3.8, 4) is 17.0 Å². The van der Waals surface area contributed by atoms with Gasteiger partial charge in [-0.15, -0.1) is 0 Å². The van der Waals surface area contributed by atoms with Crippen LogP contribution in [0.3, 0.4) is 0 Å². The van der Waals surface area contributed by atoms with Gasteiger partial charge in [0.25, 0.3) is 0 Å². The van der Waals surface area contributed by atoms with Gasteiger partial charge in [0, 0.05) is 29.2 Å². The van der Waals surface area contributed by atoms with Gasteiger partial charge in [0.05, 0.1) is 0 Å². The molecule has 2 rings (SSSR count). The Labute approximate surface area is 133 Å². The Morgan fingerprint density at radius 3 is 1.82 bits per heavy atom. The smallest absolute Gasteiger partial charge is 0.137 e. The number of aromatic nitrogens is 1. The molecule has 1 aromatic heterocycles. The van der Waals surface area contributed by atoms with Crippen LogP contribution in [0.5, 0.6) is 5.75 Å². The lowest BCUT2D eigenvalue weighted by atomic mass is 9.78. The standard InChI is InChI=1S/C19H27NO2/c1-8-13-11-16(20-22-13)12-9-14(18(2,3)4)17(21)15(10-12)19(5,6)7/h9-11,21H,8H2,1-7H3. The molecule has 0 unspecified atom stereocenters. The summed E-state index contributed by atoms with van der Waals surface area (Å²) in [5.74, 6) is 1.26. The van der Waals surface area contributed by atoms with Gasteiger partial charge >= 0.3 is 0 Å². The zero-order valence-corrected chi connectivity index (χ0v) is 14.7. The molecule has 3 heteroatoms. The third-order valence-corrected chi connectivity index (χ3v) is 3.93. The van der Waals surface area contributed by atoms with E-state index >= 15 is 0 Å². The molecule has 22 heavy (non-hydrogen) atoms. The van der Waals surface area contributed by atoms with Crippen molar-refractivity contribution in [2.75, 3.05) is 0 Å². The van der Waals surface area contributed by atoms with E-state index in [1.807, 2.05) is 25.1 Å². The summed E-state index contributed by atoms with van der Waals surface area (Å²) in [4.78, 5) is 0. The number of hydrogen-bond acceptors (Lipinski definition) is 3. The zero-order valence-electron chi connectivity index (χ0n) is 14.7. The van der Waals surface area contributed by atoms with E-state index in [9.17, 15) is 5.11 Å². The molecule has 1 N–H and O–H groups in total. The van der Waals surface area contributed by atoms with Gasteiger partial charge in [-0.1, -0.05) is 53.6 Å². The highest BCUT2D eigenvalue weighted by Crippen LogP contribution is 2.41. The van der Waals surface area contributed by atoms with Crippen LogP contribution in [0.4, 0.5) is 0 Å². The highest BCUT2D eigenvalue weighted by Gasteiger charge is 2.27. The second kappa shape index (κ2) is 5.45. The molecule has 0 saturated carbocycles. The van der Waals surface area contributed by atoms with Crippen molar-refractivity contribution in [3.63, 3.8) is 0 Å². The largest absolute Gasteiger partial charge is 0.507 e. The third-order valence-electron chi connectivity index (χ3n) is 3.93. The van der Waals surface area contributed by atoms with Crippen molar-refractivity contribution in [1.29, 1.82) is 0 Å². The van der Waals surface area contributed by atoms with Gasteiger partial charge in [-0.2, -0.15) is 0 Å². The molecule has 0 atom stereocenters. The van der Waals surface area contributed by atoms with Gasteiger partial charge in [-0.3, -0.25) is 0 Å². The van der Waals surface area contributed by atoms with E-state index in [4.69, 9.17) is 4.52 Å². The number of hydrogen-bond donors (Lipinski definition) is 1.